The zero-order valence-electron chi connectivity index (χ0n) is 15.9. The van der Waals surface area contributed by atoms with Crippen LogP contribution in [0.5, 0.6) is 11.5 Å². The first-order chi connectivity index (χ1) is 13.9. The van der Waals surface area contributed by atoms with Crippen LogP contribution in [0.4, 0.5) is 9.52 Å². The van der Waals surface area contributed by atoms with Crippen LogP contribution in [-0.4, -0.2) is 30.4 Å². The standard InChI is InChI=1S/C21H19FN2O4S/c1-13(25)15-5-8-18(19(10-15)27-2)28-12-20(26)24-21-23-11-17(29-21)9-14-3-6-16(22)7-4-14/h3-8,10-11H,9,12H2,1-2H3,(H,23,24,26). The van der Waals surface area contributed by atoms with E-state index < -0.39 is 0 Å². The molecule has 0 atom stereocenters. The summed E-state index contributed by atoms with van der Waals surface area (Å²) in [6.07, 6.45) is 2.28. The van der Waals surface area contributed by atoms with Crippen LogP contribution in [0.2, 0.25) is 0 Å². The summed E-state index contributed by atoms with van der Waals surface area (Å²) >= 11 is 1.34. The van der Waals surface area contributed by atoms with Crippen molar-refractivity contribution in [2.75, 3.05) is 19.0 Å². The van der Waals surface area contributed by atoms with Crippen molar-refractivity contribution in [2.24, 2.45) is 0 Å². The second kappa shape index (κ2) is 9.29. The number of methoxy groups -OCH3 is 1. The number of thiazole rings is 1. The molecule has 8 heteroatoms. The van der Waals surface area contributed by atoms with E-state index in [1.807, 2.05) is 0 Å². The van der Waals surface area contributed by atoms with Crippen molar-refractivity contribution in [2.45, 2.75) is 13.3 Å². The van der Waals surface area contributed by atoms with Crippen molar-refractivity contribution < 1.29 is 23.5 Å². The summed E-state index contributed by atoms with van der Waals surface area (Å²) in [6.45, 7) is 1.23. The molecule has 0 bridgehead atoms. The third-order valence-corrected chi connectivity index (χ3v) is 4.93. The smallest absolute Gasteiger partial charge is 0.264 e. The number of rotatable bonds is 8. The Hall–Kier alpha value is -3.26. The lowest BCUT2D eigenvalue weighted by molar-refractivity contribution is -0.118. The number of carbonyl (C=O) groups is 2. The minimum Gasteiger partial charge on any atom is -0.493 e. The fourth-order valence-electron chi connectivity index (χ4n) is 2.55. The first-order valence-corrected chi connectivity index (χ1v) is 9.57. The van der Waals surface area contributed by atoms with E-state index in [1.54, 1.807) is 36.5 Å². The van der Waals surface area contributed by atoms with E-state index in [4.69, 9.17) is 9.47 Å². The summed E-state index contributed by atoms with van der Waals surface area (Å²) in [7, 11) is 1.46. The summed E-state index contributed by atoms with van der Waals surface area (Å²) in [4.78, 5) is 28.7. The second-order valence-corrected chi connectivity index (χ2v) is 7.31. The third-order valence-electron chi connectivity index (χ3n) is 4.02. The van der Waals surface area contributed by atoms with Crippen LogP contribution in [0.3, 0.4) is 0 Å². The monoisotopic (exact) mass is 414 g/mol. The van der Waals surface area contributed by atoms with Gasteiger partial charge in [-0.05, 0) is 42.8 Å². The molecule has 1 aromatic heterocycles. The number of ketones is 1. The van der Waals surface area contributed by atoms with Gasteiger partial charge in [0.25, 0.3) is 5.91 Å². The van der Waals surface area contributed by atoms with Crippen molar-refractivity contribution in [3.63, 3.8) is 0 Å². The van der Waals surface area contributed by atoms with Gasteiger partial charge in [0.1, 0.15) is 5.82 Å². The van der Waals surface area contributed by atoms with Gasteiger partial charge in [-0.25, -0.2) is 9.37 Å². The number of aromatic nitrogens is 1. The molecule has 0 aliphatic carbocycles. The predicted molar refractivity (Wildman–Crippen MR) is 108 cm³/mol. The van der Waals surface area contributed by atoms with Crippen LogP contribution in [0.25, 0.3) is 0 Å². The Kier molecular flexibility index (Phi) is 6.56. The Morgan fingerprint density at radius 3 is 2.59 bits per heavy atom. The van der Waals surface area contributed by atoms with E-state index in [-0.39, 0.29) is 24.1 Å². The Bertz CT molecular complexity index is 1020. The van der Waals surface area contributed by atoms with Gasteiger partial charge < -0.3 is 9.47 Å². The average Bonchev–Trinajstić information content (AvgIpc) is 3.14. The van der Waals surface area contributed by atoms with Crippen molar-refractivity contribution in [1.29, 1.82) is 0 Å². The molecule has 0 saturated heterocycles. The number of hydrogen-bond acceptors (Lipinski definition) is 6. The van der Waals surface area contributed by atoms with E-state index >= 15 is 0 Å². The van der Waals surface area contributed by atoms with E-state index in [0.29, 0.717) is 28.6 Å². The lowest BCUT2D eigenvalue weighted by atomic mass is 10.1. The number of benzene rings is 2. The molecule has 0 fully saturated rings. The minimum atomic E-state index is -0.370. The Labute approximate surface area is 171 Å². The zero-order chi connectivity index (χ0) is 20.8. The van der Waals surface area contributed by atoms with Crippen molar-refractivity contribution in [1.82, 2.24) is 4.98 Å². The van der Waals surface area contributed by atoms with Crippen LogP contribution in [0.1, 0.15) is 27.7 Å². The van der Waals surface area contributed by atoms with E-state index in [9.17, 15) is 14.0 Å². The molecule has 0 unspecified atom stereocenters. The molecular weight excluding hydrogens is 395 g/mol. The van der Waals surface area contributed by atoms with Crippen LogP contribution in [-0.2, 0) is 11.2 Å². The highest BCUT2D eigenvalue weighted by atomic mass is 32.1. The molecule has 0 radical (unpaired) electrons. The lowest BCUT2D eigenvalue weighted by Gasteiger charge is -2.11. The summed E-state index contributed by atoms with van der Waals surface area (Å²) in [5, 5.41) is 3.14. The Morgan fingerprint density at radius 2 is 1.90 bits per heavy atom. The number of nitrogens with one attached hydrogen (secondary N) is 1. The highest BCUT2D eigenvalue weighted by Crippen LogP contribution is 2.28. The van der Waals surface area contributed by atoms with Crippen LogP contribution >= 0.6 is 11.3 Å². The molecule has 6 nitrogen and oxygen atoms in total. The van der Waals surface area contributed by atoms with Gasteiger partial charge in [0.05, 0.1) is 7.11 Å². The highest BCUT2D eigenvalue weighted by molar-refractivity contribution is 7.15. The van der Waals surface area contributed by atoms with Crippen LogP contribution in [0, 0.1) is 5.82 Å². The van der Waals surface area contributed by atoms with Gasteiger partial charge in [-0.2, -0.15) is 0 Å². The van der Waals surface area contributed by atoms with Gasteiger partial charge in [0.15, 0.2) is 29.0 Å². The minimum absolute atomic E-state index is 0.0900. The summed E-state index contributed by atoms with van der Waals surface area (Å²) in [6, 6.07) is 11.0. The molecule has 1 N–H and O–H groups in total. The van der Waals surface area contributed by atoms with Crippen molar-refractivity contribution in [3.05, 3.63) is 70.5 Å². The average molecular weight is 414 g/mol. The second-order valence-electron chi connectivity index (χ2n) is 6.19. The molecule has 0 spiro atoms. The number of anilines is 1. The number of Topliss-reactive ketones (excluding diaryl/α,β-unsaturated/α-hetero) is 1. The molecular formula is C21H19FN2O4S. The topological polar surface area (TPSA) is 77.5 Å². The SMILES string of the molecule is COc1cc(C(C)=O)ccc1OCC(=O)Nc1ncc(Cc2ccc(F)cc2)s1. The maximum Gasteiger partial charge on any atom is 0.264 e. The van der Waals surface area contributed by atoms with Gasteiger partial charge in [-0.3, -0.25) is 14.9 Å². The number of ether oxygens (including phenoxy) is 2. The Balaban J connectivity index is 1.55. The molecule has 0 aliphatic heterocycles. The van der Waals surface area contributed by atoms with E-state index in [0.717, 1.165) is 10.4 Å². The van der Waals surface area contributed by atoms with Crippen molar-refractivity contribution in [3.8, 4) is 11.5 Å². The third kappa shape index (κ3) is 5.61. The first kappa shape index (κ1) is 20.5. The highest BCUT2D eigenvalue weighted by Gasteiger charge is 2.12. The van der Waals surface area contributed by atoms with Crippen LogP contribution in [0.15, 0.2) is 48.7 Å². The van der Waals surface area contributed by atoms with Gasteiger partial charge in [0, 0.05) is 23.1 Å². The fraction of sp³-hybridized carbons (Fsp3) is 0.190. The molecule has 3 aromatic rings. The molecule has 1 heterocycles. The zero-order valence-corrected chi connectivity index (χ0v) is 16.7. The maximum absolute atomic E-state index is 13.0. The van der Waals surface area contributed by atoms with Crippen LogP contribution < -0.4 is 14.8 Å². The van der Waals surface area contributed by atoms with Gasteiger partial charge in [0.2, 0.25) is 0 Å². The van der Waals surface area contributed by atoms with E-state index in [2.05, 4.69) is 10.3 Å². The number of amides is 1. The molecule has 150 valence electrons. The van der Waals surface area contributed by atoms with Gasteiger partial charge >= 0.3 is 0 Å². The molecule has 2 aromatic carbocycles. The number of hydrogen-bond donors (Lipinski definition) is 1. The van der Waals surface area contributed by atoms with E-state index in [1.165, 1.54) is 37.5 Å². The molecule has 3 rings (SSSR count). The van der Waals surface area contributed by atoms with Gasteiger partial charge in [-0.1, -0.05) is 12.1 Å². The predicted octanol–water partition coefficient (Wildman–Crippen LogP) is 4.10. The number of carbonyl (C=O) groups excluding carboxylic acids is 2. The quantitative estimate of drug-likeness (QED) is 0.562. The molecule has 1 amide bonds. The fourth-order valence-corrected chi connectivity index (χ4v) is 3.42. The normalized spacial score (nSPS) is 10.4. The summed E-state index contributed by atoms with van der Waals surface area (Å²) in [5.41, 5.74) is 1.45. The maximum atomic E-state index is 13.0. The molecule has 0 saturated carbocycles. The number of halogens is 1. The molecule has 0 aliphatic rings. The lowest BCUT2D eigenvalue weighted by Crippen LogP contribution is -2.20. The summed E-state index contributed by atoms with van der Waals surface area (Å²) < 4.78 is 23.7. The summed E-state index contributed by atoms with van der Waals surface area (Å²) in [5.74, 6) is 0.00174. The molecule has 29 heavy (non-hydrogen) atoms. The first-order valence-electron chi connectivity index (χ1n) is 8.75. The Morgan fingerprint density at radius 1 is 1.14 bits per heavy atom. The van der Waals surface area contributed by atoms with Gasteiger partial charge in [-0.15, -0.1) is 11.3 Å². The van der Waals surface area contributed by atoms with Crippen molar-refractivity contribution >= 4 is 28.2 Å². The largest absolute Gasteiger partial charge is 0.493 e. The number of nitrogens with zero attached hydrogens (tertiary/aromatic N) is 1.